The highest BCUT2D eigenvalue weighted by Crippen LogP contribution is 2.19. The zero-order valence-electron chi connectivity index (χ0n) is 11.7. The van der Waals surface area contributed by atoms with Gasteiger partial charge < -0.3 is 20.4 Å². The lowest BCUT2D eigenvalue weighted by molar-refractivity contribution is -0.121. The lowest BCUT2D eigenvalue weighted by Crippen LogP contribution is -2.40. The number of hydrogen-bond acceptors (Lipinski definition) is 6. The van der Waals surface area contributed by atoms with E-state index in [1.807, 2.05) is 0 Å². The van der Waals surface area contributed by atoms with Crippen molar-refractivity contribution in [3.8, 4) is 0 Å². The SMILES string of the molecule is COCCNC(=O)CN(C)S(=O)(=O)c1c(N)ncn1C. The molecule has 114 valence electrons. The number of aromatic nitrogens is 2. The lowest BCUT2D eigenvalue weighted by Gasteiger charge is -2.17. The minimum Gasteiger partial charge on any atom is -0.383 e. The summed E-state index contributed by atoms with van der Waals surface area (Å²) in [5, 5.41) is 2.40. The molecule has 0 aliphatic heterocycles. The molecule has 0 saturated carbocycles. The summed E-state index contributed by atoms with van der Waals surface area (Å²) in [6.45, 7) is 0.366. The van der Waals surface area contributed by atoms with E-state index in [2.05, 4.69) is 10.3 Å². The number of nitrogens with zero attached hydrogens (tertiary/aromatic N) is 3. The van der Waals surface area contributed by atoms with Crippen molar-refractivity contribution in [1.82, 2.24) is 19.2 Å². The van der Waals surface area contributed by atoms with Crippen molar-refractivity contribution in [3.63, 3.8) is 0 Å². The molecule has 0 aromatic carbocycles. The Morgan fingerprint density at radius 3 is 2.75 bits per heavy atom. The van der Waals surface area contributed by atoms with Crippen molar-refractivity contribution in [3.05, 3.63) is 6.33 Å². The first-order chi connectivity index (χ1) is 9.30. The highest BCUT2D eigenvalue weighted by molar-refractivity contribution is 7.89. The second-order valence-electron chi connectivity index (χ2n) is 4.15. The third-order valence-corrected chi connectivity index (χ3v) is 4.49. The summed E-state index contributed by atoms with van der Waals surface area (Å²) in [6.07, 6.45) is 1.30. The van der Waals surface area contributed by atoms with E-state index in [0.29, 0.717) is 13.2 Å². The summed E-state index contributed by atoms with van der Waals surface area (Å²) in [4.78, 5) is 15.3. The number of imidazole rings is 1. The predicted molar refractivity (Wildman–Crippen MR) is 72.3 cm³/mol. The Bertz CT molecular complexity index is 549. The van der Waals surface area contributed by atoms with Crippen LogP contribution in [0.2, 0.25) is 0 Å². The van der Waals surface area contributed by atoms with Gasteiger partial charge in [-0.1, -0.05) is 0 Å². The third-order valence-electron chi connectivity index (χ3n) is 2.56. The van der Waals surface area contributed by atoms with Crippen LogP contribution in [0.5, 0.6) is 0 Å². The average Bonchev–Trinajstić information content (AvgIpc) is 2.69. The van der Waals surface area contributed by atoms with E-state index < -0.39 is 15.9 Å². The van der Waals surface area contributed by atoms with E-state index in [1.54, 1.807) is 0 Å². The summed E-state index contributed by atoms with van der Waals surface area (Å²) >= 11 is 0. The van der Waals surface area contributed by atoms with Crippen LogP contribution >= 0.6 is 0 Å². The van der Waals surface area contributed by atoms with Crippen molar-refractivity contribution in [1.29, 1.82) is 0 Å². The molecule has 1 amide bonds. The van der Waals surface area contributed by atoms with Crippen LogP contribution in [-0.2, 0) is 26.6 Å². The van der Waals surface area contributed by atoms with Crippen LogP contribution in [0.3, 0.4) is 0 Å². The van der Waals surface area contributed by atoms with Gasteiger partial charge >= 0.3 is 0 Å². The van der Waals surface area contributed by atoms with Gasteiger partial charge in [0.05, 0.1) is 19.5 Å². The van der Waals surface area contributed by atoms with Crippen LogP contribution in [0.1, 0.15) is 0 Å². The highest BCUT2D eigenvalue weighted by Gasteiger charge is 2.28. The van der Waals surface area contributed by atoms with Crippen LogP contribution in [0, 0.1) is 0 Å². The maximum atomic E-state index is 12.3. The van der Waals surface area contributed by atoms with Gasteiger partial charge in [-0.05, 0) is 0 Å². The Kier molecular flexibility index (Phi) is 5.48. The standard InChI is InChI=1S/C10H19N5O4S/c1-14-7-13-9(11)10(14)20(17,18)15(2)6-8(16)12-4-5-19-3/h7H,4-6,11H2,1-3H3,(H,12,16). The summed E-state index contributed by atoms with van der Waals surface area (Å²) in [7, 11) is 0.462. The number of amides is 1. The van der Waals surface area contributed by atoms with Crippen molar-refractivity contribution in [2.75, 3.05) is 39.6 Å². The van der Waals surface area contributed by atoms with Gasteiger partial charge in [0, 0.05) is 27.7 Å². The van der Waals surface area contributed by atoms with Crippen molar-refractivity contribution < 1.29 is 17.9 Å². The van der Waals surface area contributed by atoms with E-state index in [4.69, 9.17) is 10.5 Å². The fraction of sp³-hybridized carbons (Fsp3) is 0.600. The molecule has 1 heterocycles. The number of hydrogen-bond donors (Lipinski definition) is 2. The fourth-order valence-corrected chi connectivity index (χ4v) is 2.84. The van der Waals surface area contributed by atoms with Gasteiger partial charge in [0.15, 0.2) is 10.8 Å². The smallest absolute Gasteiger partial charge is 0.262 e. The van der Waals surface area contributed by atoms with E-state index in [1.165, 1.54) is 32.1 Å². The first-order valence-corrected chi connectivity index (χ1v) is 7.23. The number of sulfonamides is 1. The molecule has 3 N–H and O–H groups in total. The Balaban J connectivity index is 2.76. The normalized spacial score (nSPS) is 11.8. The monoisotopic (exact) mass is 305 g/mol. The molecular formula is C10H19N5O4S. The zero-order chi connectivity index (χ0) is 15.3. The Hall–Kier alpha value is -1.65. The van der Waals surface area contributed by atoms with Crippen molar-refractivity contribution in [2.45, 2.75) is 5.03 Å². The molecule has 0 bridgehead atoms. The van der Waals surface area contributed by atoms with Crippen LogP contribution in [-0.4, -0.2) is 62.0 Å². The zero-order valence-corrected chi connectivity index (χ0v) is 12.5. The van der Waals surface area contributed by atoms with Gasteiger partial charge in [0.25, 0.3) is 10.0 Å². The maximum Gasteiger partial charge on any atom is 0.262 e. The van der Waals surface area contributed by atoms with E-state index in [9.17, 15) is 13.2 Å². The predicted octanol–water partition coefficient (Wildman–Crippen LogP) is -1.61. The first-order valence-electron chi connectivity index (χ1n) is 5.79. The van der Waals surface area contributed by atoms with E-state index in [0.717, 1.165) is 4.31 Å². The summed E-state index contributed by atoms with van der Waals surface area (Å²) in [5.41, 5.74) is 5.54. The Labute approximate surface area is 117 Å². The summed E-state index contributed by atoms with van der Waals surface area (Å²) in [5.74, 6) is -0.520. The summed E-state index contributed by atoms with van der Waals surface area (Å²) in [6, 6.07) is 0. The molecule has 0 saturated heterocycles. The molecule has 0 unspecified atom stereocenters. The molecule has 10 heteroatoms. The van der Waals surface area contributed by atoms with Gasteiger partial charge in [0.1, 0.15) is 0 Å². The second kappa shape index (κ2) is 6.68. The molecule has 0 aliphatic rings. The van der Waals surface area contributed by atoms with Gasteiger partial charge in [-0.25, -0.2) is 13.4 Å². The van der Waals surface area contributed by atoms with Gasteiger partial charge in [-0.3, -0.25) is 4.79 Å². The van der Waals surface area contributed by atoms with Crippen molar-refractivity contribution >= 4 is 21.7 Å². The second-order valence-corrected chi connectivity index (χ2v) is 6.11. The van der Waals surface area contributed by atoms with E-state index >= 15 is 0 Å². The summed E-state index contributed by atoms with van der Waals surface area (Å²) < 4.78 is 31.6. The van der Waals surface area contributed by atoms with Crippen LogP contribution in [0.15, 0.2) is 11.4 Å². The minimum absolute atomic E-state index is 0.0980. The number of nitrogens with one attached hydrogen (secondary N) is 1. The number of carbonyl (C=O) groups excluding carboxylic acids is 1. The lowest BCUT2D eigenvalue weighted by atomic mass is 10.5. The van der Waals surface area contributed by atoms with Crippen LogP contribution < -0.4 is 11.1 Å². The molecule has 20 heavy (non-hydrogen) atoms. The largest absolute Gasteiger partial charge is 0.383 e. The number of nitrogens with two attached hydrogens (primary N) is 1. The number of nitrogen functional groups attached to an aromatic ring is 1. The number of methoxy groups -OCH3 is 1. The average molecular weight is 305 g/mol. The molecule has 0 fully saturated rings. The quantitative estimate of drug-likeness (QED) is 0.585. The molecule has 1 rings (SSSR count). The topological polar surface area (TPSA) is 120 Å². The maximum absolute atomic E-state index is 12.3. The molecular weight excluding hydrogens is 286 g/mol. The van der Waals surface area contributed by atoms with Gasteiger partial charge in [-0.2, -0.15) is 4.31 Å². The van der Waals surface area contributed by atoms with Crippen LogP contribution in [0.4, 0.5) is 5.82 Å². The molecule has 0 radical (unpaired) electrons. The Morgan fingerprint density at radius 2 is 2.25 bits per heavy atom. The number of carbonyl (C=O) groups is 1. The van der Waals surface area contributed by atoms with E-state index in [-0.39, 0.29) is 17.4 Å². The number of ether oxygens (including phenoxy) is 1. The number of likely N-dealkylation sites (N-methyl/N-ethyl adjacent to an activating group) is 1. The minimum atomic E-state index is -3.87. The molecule has 0 spiro atoms. The fourth-order valence-electron chi connectivity index (χ4n) is 1.53. The number of rotatable bonds is 7. The molecule has 1 aromatic heterocycles. The highest BCUT2D eigenvalue weighted by atomic mass is 32.2. The molecule has 0 aliphatic carbocycles. The first kappa shape index (κ1) is 16.4. The van der Waals surface area contributed by atoms with Gasteiger partial charge in [-0.15, -0.1) is 0 Å². The van der Waals surface area contributed by atoms with Crippen LogP contribution in [0.25, 0.3) is 0 Å². The number of aryl methyl sites for hydroxylation is 1. The molecule has 9 nitrogen and oxygen atoms in total. The number of anilines is 1. The van der Waals surface area contributed by atoms with Gasteiger partial charge in [0.2, 0.25) is 5.91 Å². The van der Waals surface area contributed by atoms with Crippen molar-refractivity contribution in [2.24, 2.45) is 7.05 Å². The molecule has 0 atom stereocenters. The third kappa shape index (κ3) is 3.68. The Morgan fingerprint density at radius 1 is 1.60 bits per heavy atom. The molecule has 1 aromatic rings.